The number of aromatic nitrogens is 4. The maximum Gasteiger partial charge on any atom is 0.236 e. The highest BCUT2D eigenvalue weighted by molar-refractivity contribution is 9.10. The van der Waals surface area contributed by atoms with Gasteiger partial charge in [0.2, 0.25) is 5.91 Å². The third kappa shape index (κ3) is 4.97. The summed E-state index contributed by atoms with van der Waals surface area (Å²) in [4.78, 5) is 16.6. The molecule has 0 atom stereocenters. The topological polar surface area (TPSA) is 72.7 Å². The molecule has 0 saturated carbocycles. The SMILES string of the molecule is O=C(CSc1nnc(-c2ccc(Br)cc2)n1-c1ccccc1)Nc1cc(Br)ccn1. The van der Waals surface area contributed by atoms with E-state index < -0.39 is 0 Å². The van der Waals surface area contributed by atoms with Crippen molar-refractivity contribution in [1.29, 1.82) is 0 Å². The number of hydrogen-bond donors (Lipinski definition) is 1. The average Bonchev–Trinajstić information content (AvgIpc) is 3.17. The van der Waals surface area contributed by atoms with Crippen LogP contribution in [0.4, 0.5) is 5.82 Å². The molecular formula is C21H15Br2N5OS. The van der Waals surface area contributed by atoms with Gasteiger partial charge in [0.1, 0.15) is 5.82 Å². The lowest BCUT2D eigenvalue weighted by Gasteiger charge is -2.10. The second-order valence-electron chi connectivity index (χ2n) is 6.18. The Morgan fingerprint density at radius 2 is 1.73 bits per heavy atom. The molecule has 0 radical (unpaired) electrons. The predicted molar refractivity (Wildman–Crippen MR) is 126 cm³/mol. The quantitative estimate of drug-likeness (QED) is 0.320. The molecule has 2 aromatic carbocycles. The van der Waals surface area contributed by atoms with Crippen LogP contribution in [0.25, 0.3) is 17.1 Å². The Morgan fingerprint density at radius 1 is 0.967 bits per heavy atom. The number of benzene rings is 2. The molecule has 9 heteroatoms. The molecule has 0 aliphatic carbocycles. The Balaban J connectivity index is 1.58. The van der Waals surface area contributed by atoms with Crippen LogP contribution in [0.15, 0.2) is 87.0 Å². The van der Waals surface area contributed by atoms with Crippen LogP contribution in [0, 0.1) is 0 Å². The number of thioether (sulfide) groups is 1. The van der Waals surface area contributed by atoms with Crippen LogP contribution in [0.1, 0.15) is 0 Å². The van der Waals surface area contributed by atoms with Crippen LogP contribution < -0.4 is 5.32 Å². The summed E-state index contributed by atoms with van der Waals surface area (Å²) in [6.07, 6.45) is 1.63. The molecule has 4 rings (SSSR count). The molecule has 6 nitrogen and oxygen atoms in total. The van der Waals surface area contributed by atoms with E-state index in [0.717, 1.165) is 20.2 Å². The Bertz CT molecular complexity index is 1170. The second-order valence-corrected chi connectivity index (χ2v) is 8.95. The van der Waals surface area contributed by atoms with E-state index in [9.17, 15) is 4.79 Å². The summed E-state index contributed by atoms with van der Waals surface area (Å²) in [7, 11) is 0. The standard InChI is InChI=1S/C21H15Br2N5OS/c22-15-8-6-14(7-9-15)20-26-27-21(28(20)17-4-2-1-3-5-17)30-13-19(29)25-18-12-16(23)10-11-24-18/h1-12H,13H2,(H,24,25,29). The van der Waals surface area contributed by atoms with Crippen LogP contribution in [0.3, 0.4) is 0 Å². The zero-order chi connectivity index (χ0) is 20.9. The molecule has 0 bridgehead atoms. The minimum Gasteiger partial charge on any atom is -0.310 e. The maximum absolute atomic E-state index is 12.4. The van der Waals surface area contributed by atoms with Crippen molar-refractivity contribution in [3.63, 3.8) is 0 Å². The molecule has 0 aliphatic rings. The number of para-hydroxylation sites is 1. The summed E-state index contributed by atoms with van der Waals surface area (Å²) in [5, 5.41) is 12.2. The maximum atomic E-state index is 12.4. The van der Waals surface area contributed by atoms with Gasteiger partial charge in [-0.05, 0) is 36.4 Å². The number of pyridine rings is 1. The first-order valence-corrected chi connectivity index (χ1v) is 11.5. The van der Waals surface area contributed by atoms with Gasteiger partial charge in [-0.3, -0.25) is 9.36 Å². The van der Waals surface area contributed by atoms with Crippen molar-refractivity contribution in [2.75, 3.05) is 11.1 Å². The fourth-order valence-corrected chi connectivity index (χ4v) is 4.09. The molecular weight excluding hydrogens is 530 g/mol. The summed E-state index contributed by atoms with van der Waals surface area (Å²) in [5.41, 5.74) is 1.86. The van der Waals surface area contributed by atoms with E-state index in [1.807, 2.05) is 59.2 Å². The lowest BCUT2D eigenvalue weighted by atomic mass is 10.2. The molecule has 0 unspecified atom stereocenters. The van der Waals surface area contributed by atoms with Crippen LogP contribution >= 0.6 is 43.6 Å². The van der Waals surface area contributed by atoms with E-state index in [1.54, 1.807) is 18.3 Å². The molecule has 0 spiro atoms. The average molecular weight is 545 g/mol. The second kappa shape index (κ2) is 9.55. The third-order valence-electron chi connectivity index (χ3n) is 4.07. The number of rotatable bonds is 6. The summed E-state index contributed by atoms with van der Waals surface area (Å²) in [6, 6.07) is 21.3. The highest BCUT2D eigenvalue weighted by Gasteiger charge is 2.17. The number of anilines is 1. The molecule has 150 valence electrons. The van der Waals surface area contributed by atoms with Gasteiger partial charge in [-0.2, -0.15) is 0 Å². The number of carbonyl (C=O) groups excluding carboxylic acids is 1. The zero-order valence-corrected chi connectivity index (χ0v) is 19.5. The van der Waals surface area contributed by atoms with Crippen molar-refractivity contribution in [2.24, 2.45) is 0 Å². The van der Waals surface area contributed by atoms with Crippen molar-refractivity contribution in [2.45, 2.75) is 5.16 Å². The summed E-state index contributed by atoms with van der Waals surface area (Å²) in [5.74, 6) is 1.22. The molecule has 0 saturated heterocycles. The number of nitrogens with one attached hydrogen (secondary N) is 1. The number of amides is 1. The van der Waals surface area contributed by atoms with E-state index in [2.05, 4.69) is 52.4 Å². The van der Waals surface area contributed by atoms with Gasteiger partial charge in [-0.15, -0.1) is 10.2 Å². The normalized spacial score (nSPS) is 10.7. The highest BCUT2D eigenvalue weighted by Crippen LogP contribution is 2.28. The van der Waals surface area contributed by atoms with Gasteiger partial charge in [0.15, 0.2) is 11.0 Å². The summed E-state index contributed by atoms with van der Waals surface area (Å²) < 4.78 is 3.80. The molecule has 4 aromatic rings. The van der Waals surface area contributed by atoms with Crippen LogP contribution in [-0.4, -0.2) is 31.4 Å². The number of nitrogens with zero attached hydrogens (tertiary/aromatic N) is 4. The molecule has 1 amide bonds. The zero-order valence-electron chi connectivity index (χ0n) is 15.5. The fraction of sp³-hybridized carbons (Fsp3) is 0.0476. The van der Waals surface area contributed by atoms with E-state index >= 15 is 0 Å². The minimum absolute atomic E-state index is 0.168. The fourth-order valence-electron chi connectivity index (χ4n) is 2.74. The van der Waals surface area contributed by atoms with Gasteiger partial charge in [0, 0.05) is 26.4 Å². The van der Waals surface area contributed by atoms with Gasteiger partial charge >= 0.3 is 0 Å². The lowest BCUT2D eigenvalue weighted by molar-refractivity contribution is -0.113. The van der Waals surface area contributed by atoms with Crippen molar-refractivity contribution in [1.82, 2.24) is 19.7 Å². The van der Waals surface area contributed by atoms with Crippen LogP contribution in [0.2, 0.25) is 0 Å². The van der Waals surface area contributed by atoms with E-state index in [0.29, 0.717) is 16.8 Å². The summed E-state index contributed by atoms with van der Waals surface area (Å²) >= 11 is 8.15. The van der Waals surface area contributed by atoms with Crippen LogP contribution in [0.5, 0.6) is 0 Å². The Hall–Kier alpha value is -2.49. The molecule has 1 N–H and O–H groups in total. The smallest absolute Gasteiger partial charge is 0.236 e. The Labute approximate surface area is 194 Å². The first-order valence-electron chi connectivity index (χ1n) is 8.91. The number of halogens is 2. The van der Waals surface area contributed by atoms with E-state index in [4.69, 9.17) is 0 Å². The van der Waals surface area contributed by atoms with Gasteiger partial charge in [-0.25, -0.2) is 4.98 Å². The Kier molecular flexibility index (Phi) is 6.61. The lowest BCUT2D eigenvalue weighted by Crippen LogP contribution is -2.15. The van der Waals surface area contributed by atoms with Gasteiger partial charge in [-0.1, -0.05) is 74.0 Å². The van der Waals surface area contributed by atoms with Crippen molar-refractivity contribution < 1.29 is 4.79 Å². The third-order valence-corrected chi connectivity index (χ3v) is 6.02. The minimum atomic E-state index is -0.168. The summed E-state index contributed by atoms with van der Waals surface area (Å²) in [6.45, 7) is 0. The molecule has 0 aliphatic heterocycles. The Morgan fingerprint density at radius 3 is 2.47 bits per heavy atom. The van der Waals surface area contributed by atoms with E-state index in [1.165, 1.54) is 11.8 Å². The first-order chi connectivity index (χ1) is 14.6. The van der Waals surface area contributed by atoms with Gasteiger partial charge in [0.25, 0.3) is 0 Å². The van der Waals surface area contributed by atoms with Crippen molar-refractivity contribution in [3.8, 4) is 17.1 Å². The number of carbonyl (C=O) groups is 1. The monoisotopic (exact) mass is 543 g/mol. The highest BCUT2D eigenvalue weighted by atomic mass is 79.9. The molecule has 2 aromatic heterocycles. The molecule has 2 heterocycles. The largest absolute Gasteiger partial charge is 0.310 e. The predicted octanol–water partition coefficient (Wildman–Crippen LogP) is 5.59. The van der Waals surface area contributed by atoms with Crippen LogP contribution in [-0.2, 0) is 4.79 Å². The molecule has 30 heavy (non-hydrogen) atoms. The van der Waals surface area contributed by atoms with Crippen molar-refractivity contribution >= 4 is 55.3 Å². The first kappa shape index (κ1) is 20.8. The molecule has 0 fully saturated rings. The van der Waals surface area contributed by atoms with Crippen molar-refractivity contribution in [3.05, 3.63) is 81.9 Å². The number of hydrogen-bond acceptors (Lipinski definition) is 5. The van der Waals surface area contributed by atoms with Gasteiger partial charge in [0.05, 0.1) is 5.75 Å². The van der Waals surface area contributed by atoms with E-state index in [-0.39, 0.29) is 11.7 Å². The van der Waals surface area contributed by atoms with Gasteiger partial charge < -0.3 is 5.32 Å².